The summed E-state index contributed by atoms with van der Waals surface area (Å²) in [6.45, 7) is 9.40. The van der Waals surface area contributed by atoms with Gasteiger partial charge in [-0.1, -0.05) is 12.1 Å². The molecule has 0 saturated carbocycles. The number of aromatic amines is 1. The van der Waals surface area contributed by atoms with E-state index >= 15 is 0 Å². The van der Waals surface area contributed by atoms with Crippen molar-refractivity contribution in [2.75, 3.05) is 32.7 Å². The lowest BCUT2D eigenvalue weighted by atomic mass is 10.1. The van der Waals surface area contributed by atoms with Crippen LogP contribution in [-0.4, -0.2) is 63.2 Å². The van der Waals surface area contributed by atoms with Crippen LogP contribution in [-0.2, 0) is 6.54 Å². The lowest BCUT2D eigenvalue weighted by molar-refractivity contribution is 0.0164. The van der Waals surface area contributed by atoms with Crippen molar-refractivity contribution in [3.05, 3.63) is 30.1 Å². The van der Waals surface area contributed by atoms with Gasteiger partial charge >= 0.3 is 0 Å². The highest BCUT2D eigenvalue weighted by atomic mass is 16.3. The first-order chi connectivity index (χ1) is 9.99. The molecule has 2 N–H and O–H groups in total. The molecule has 0 aliphatic carbocycles. The summed E-state index contributed by atoms with van der Waals surface area (Å²) in [4.78, 5) is 12.8. The Morgan fingerprint density at radius 1 is 1.14 bits per heavy atom. The maximum atomic E-state index is 9.88. The van der Waals surface area contributed by atoms with Gasteiger partial charge in [-0.05, 0) is 26.0 Å². The molecule has 0 unspecified atom stereocenters. The number of fused-ring (bicyclic) bond motifs is 1. The summed E-state index contributed by atoms with van der Waals surface area (Å²) < 4.78 is 0. The third-order valence-corrected chi connectivity index (χ3v) is 3.89. The second-order valence-electron chi connectivity index (χ2n) is 6.57. The molecule has 1 aliphatic heterocycles. The number of aromatic nitrogens is 2. The van der Waals surface area contributed by atoms with Crippen molar-refractivity contribution < 1.29 is 5.11 Å². The van der Waals surface area contributed by atoms with Gasteiger partial charge in [0.2, 0.25) is 0 Å². The number of hydrogen-bond donors (Lipinski definition) is 2. The van der Waals surface area contributed by atoms with Crippen molar-refractivity contribution in [2.24, 2.45) is 0 Å². The van der Waals surface area contributed by atoms with Crippen LogP contribution in [0.2, 0.25) is 0 Å². The molecule has 1 fully saturated rings. The first-order valence-electron chi connectivity index (χ1n) is 7.60. The minimum atomic E-state index is -0.610. The van der Waals surface area contributed by atoms with Gasteiger partial charge in [0.15, 0.2) is 0 Å². The summed E-state index contributed by atoms with van der Waals surface area (Å²) in [5, 5.41) is 9.88. The zero-order chi connectivity index (χ0) is 14.9. The summed E-state index contributed by atoms with van der Waals surface area (Å²) in [6.07, 6.45) is 0. The zero-order valence-electron chi connectivity index (χ0n) is 12.8. The first-order valence-corrected chi connectivity index (χ1v) is 7.60. The Morgan fingerprint density at radius 3 is 2.48 bits per heavy atom. The molecular formula is C16H24N4O. The highest BCUT2D eigenvalue weighted by Gasteiger charge is 2.23. The SMILES string of the molecule is CC(C)(O)CN1CCN(Cc2nc3ccccc3[nH]2)CC1. The van der Waals surface area contributed by atoms with Crippen LogP contribution in [0, 0.1) is 0 Å². The van der Waals surface area contributed by atoms with Gasteiger partial charge in [-0.25, -0.2) is 4.98 Å². The van der Waals surface area contributed by atoms with Crippen LogP contribution in [0.5, 0.6) is 0 Å². The Bertz CT molecular complexity index is 561. The van der Waals surface area contributed by atoms with Crippen LogP contribution in [0.15, 0.2) is 24.3 Å². The van der Waals surface area contributed by atoms with Crippen molar-refractivity contribution in [3.8, 4) is 0 Å². The van der Waals surface area contributed by atoms with E-state index < -0.39 is 5.60 Å². The number of nitrogens with one attached hydrogen (secondary N) is 1. The second kappa shape index (κ2) is 5.75. The van der Waals surface area contributed by atoms with E-state index in [1.807, 2.05) is 32.0 Å². The van der Waals surface area contributed by atoms with E-state index in [4.69, 9.17) is 0 Å². The monoisotopic (exact) mass is 288 g/mol. The van der Waals surface area contributed by atoms with Crippen LogP contribution in [0.25, 0.3) is 11.0 Å². The third-order valence-electron chi connectivity index (χ3n) is 3.89. The largest absolute Gasteiger partial charge is 0.389 e. The van der Waals surface area contributed by atoms with Crippen molar-refractivity contribution in [3.63, 3.8) is 0 Å². The molecular weight excluding hydrogens is 264 g/mol. The van der Waals surface area contributed by atoms with Crippen molar-refractivity contribution in [1.29, 1.82) is 0 Å². The fourth-order valence-electron chi connectivity index (χ4n) is 2.95. The number of H-pyrrole nitrogens is 1. The molecule has 5 heteroatoms. The van der Waals surface area contributed by atoms with E-state index in [2.05, 4.69) is 25.8 Å². The van der Waals surface area contributed by atoms with Crippen molar-refractivity contribution in [1.82, 2.24) is 19.8 Å². The topological polar surface area (TPSA) is 55.4 Å². The van der Waals surface area contributed by atoms with Crippen LogP contribution >= 0.6 is 0 Å². The van der Waals surface area contributed by atoms with Gasteiger partial charge in [0.1, 0.15) is 5.82 Å². The molecule has 21 heavy (non-hydrogen) atoms. The lowest BCUT2D eigenvalue weighted by Crippen LogP contribution is -2.50. The molecule has 1 aliphatic rings. The molecule has 0 atom stereocenters. The normalized spacial score (nSPS) is 18.4. The Labute approximate surface area is 125 Å². The molecule has 1 aromatic heterocycles. The van der Waals surface area contributed by atoms with E-state index in [1.165, 1.54) is 0 Å². The zero-order valence-corrected chi connectivity index (χ0v) is 12.8. The number of piperazine rings is 1. The van der Waals surface area contributed by atoms with Crippen LogP contribution in [0.3, 0.4) is 0 Å². The molecule has 5 nitrogen and oxygen atoms in total. The molecule has 0 bridgehead atoms. The summed E-state index contributed by atoms with van der Waals surface area (Å²) in [5.41, 5.74) is 1.53. The minimum Gasteiger partial charge on any atom is -0.389 e. The number of imidazole rings is 1. The Balaban J connectivity index is 1.55. The van der Waals surface area contributed by atoms with Gasteiger partial charge in [-0.3, -0.25) is 9.80 Å². The number of nitrogens with zero attached hydrogens (tertiary/aromatic N) is 3. The van der Waals surface area contributed by atoms with E-state index in [0.717, 1.165) is 56.1 Å². The number of hydrogen-bond acceptors (Lipinski definition) is 4. The highest BCUT2D eigenvalue weighted by Crippen LogP contribution is 2.14. The molecule has 1 saturated heterocycles. The van der Waals surface area contributed by atoms with Crippen molar-refractivity contribution in [2.45, 2.75) is 26.0 Å². The van der Waals surface area contributed by atoms with E-state index in [-0.39, 0.29) is 0 Å². The molecule has 0 amide bonds. The molecule has 0 spiro atoms. The van der Waals surface area contributed by atoms with E-state index in [0.29, 0.717) is 0 Å². The molecule has 2 heterocycles. The summed E-state index contributed by atoms with van der Waals surface area (Å²) in [5.74, 6) is 1.03. The maximum absolute atomic E-state index is 9.88. The Kier molecular flexibility index (Phi) is 3.97. The molecule has 0 radical (unpaired) electrons. The number of benzene rings is 1. The number of para-hydroxylation sites is 2. The number of rotatable bonds is 4. The van der Waals surface area contributed by atoms with E-state index in [9.17, 15) is 5.11 Å². The van der Waals surface area contributed by atoms with Gasteiger partial charge in [0, 0.05) is 32.7 Å². The predicted molar refractivity (Wildman–Crippen MR) is 84.1 cm³/mol. The Hall–Kier alpha value is -1.43. The van der Waals surface area contributed by atoms with Gasteiger partial charge in [-0.2, -0.15) is 0 Å². The van der Waals surface area contributed by atoms with Gasteiger partial charge in [-0.15, -0.1) is 0 Å². The minimum absolute atomic E-state index is 0.610. The standard InChI is InChI=1S/C16H24N4O/c1-16(2,21)12-20-9-7-19(8-10-20)11-15-17-13-5-3-4-6-14(13)18-15/h3-6,21H,7-12H2,1-2H3,(H,17,18). The molecule has 1 aromatic carbocycles. The molecule has 114 valence electrons. The predicted octanol–water partition coefficient (Wildman–Crippen LogP) is 1.45. The van der Waals surface area contributed by atoms with Crippen LogP contribution in [0.1, 0.15) is 19.7 Å². The third kappa shape index (κ3) is 3.81. The van der Waals surface area contributed by atoms with Crippen LogP contribution < -0.4 is 0 Å². The Morgan fingerprint density at radius 2 is 1.81 bits per heavy atom. The number of β-amino-alcohol motifs (C(OH)–C–C–N with tert-alkyl or cyclic N) is 1. The summed E-state index contributed by atoms with van der Waals surface area (Å²) in [7, 11) is 0. The summed E-state index contributed by atoms with van der Waals surface area (Å²) >= 11 is 0. The molecule has 3 rings (SSSR count). The lowest BCUT2D eigenvalue weighted by Gasteiger charge is -2.36. The van der Waals surface area contributed by atoms with Gasteiger partial charge < -0.3 is 10.1 Å². The van der Waals surface area contributed by atoms with E-state index in [1.54, 1.807) is 0 Å². The highest BCUT2D eigenvalue weighted by molar-refractivity contribution is 5.74. The molecule has 2 aromatic rings. The van der Waals surface area contributed by atoms with Crippen LogP contribution in [0.4, 0.5) is 0 Å². The smallest absolute Gasteiger partial charge is 0.121 e. The maximum Gasteiger partial charge on any atom is 0.121 e. The number of aliphatic hydroxyl groups is 1. The fraction of sp³-hybridized carbons (Fsp3) is 0.562. The summed E-state index contributed by atoms with van der Waals surface area (Å²) in [6, 6.07) is 8.14. The average molecular weight is 288 g/mol. The quantitative estimate of drug-likeness (QED) is 0.894. The fourth-order valence-corrected chi connectivity index (χ4v) is 2.95. The van der Waals surface area contributed by atoms with Gasteiger partial charge in [0.25, 0.3) is 0 Å². The first kappa shape index (κ1) is 14.5. The second-order valence-corrected chi connectivity index (χ2v) is 6.57. The average Bonchev–Trinajstić information content (AvgIpc) is 2.81. The van der Waals surface area contributed by atoms with Crippen molar-refractivity contribution >= 4 is 11.0 Å². The van der Waals surface area contributed by atoms with Gasteiger partial charge in [0.05, 0.1) is 23.2 Å².